The number of thiol groups is 1. The van der Waals surface area contributed by atoms with Crippen LogP contribution in [-0.2, 0) is 4.79 Å². The van der Waals surface area contributed by atoms with Gasteiger partial charge >= 0.3 is 5.97 Å². The third-order valence-electron chi connectivity index (χ3n) is 1.83. The molecule has 0 aliphatic heterocycles. The van der Waals surface area contributed by atoms with E-state index in [2.05, 4.69) is 12.6 Å². The highest BCUT2D eigenvalue weighted by Crippen LogP contribution is 2.13. The predicted octanol–water partition coefficient (Wildman–Crippen LogP) is 2.30. The van der Waals surface area contributed by atoms with Gasteiger partial charge in [0.1, 0.15) is 5.25 Å². The lowest BCUT2D eigenvalue weighted by atomic mass is 10.1. The fraction of sp³-hybridized carbons (Fsp3) is 0.200. The Morgan fingerprint density at radius 3 is 2.33 bits per heavy atom. The van der Waals surface area contributed by atoms with E-state index in [0.717, 1.165) is 0 Å². The SMILES string of the molecule is O=C(CC(S)C(=O)O)c1ccc(Cl)cc1. The zero-order chi connectivity index (χ0) is 11.4. The summed E-state index contributed by atoms with van der Waals surface area (Å²) < 4.78 is 0. The smallest absolute Gasteiger partial charge is 0.316 e. The van der Waals surface area contributed by atoms with Gasteiger partial charge in [0.25, 0.3) is 0 Å². The van der Waals surface area contributed by atoms with Crippen LogP contribution < -0.4 is 0 Å². The van der Waals surface area contributed by atoms with Crippen molar-refractivity contribution in [1.82, 2.24) is 0 Å². The lowest BCUT2D eigenvalue weighted by molar-refractivity contribution is -0.136. The minimum atomic E-state index is -1.10. The molecule has 1 aromatic carbocycles. The van der Waals surface area contributed by atoms with E-state index in [0.29, 0.717) is 10.6 Å². The number of rotatable bonds is 4. The van der Waals surface area contributed by atoms with Crippen LogP contribution in [0.3, 0.4) is 0 Å². The number of aliphatic carboxylic acids is 1. The van der Waals surface area contributed by atoms with E-state index < -0.39 is 11.2 Å². The molecule has 1 atom stereocenters. The molecule has 0 fully saturated rings. The normalized spacial score (nSPS) is 12.1. The van der Waals surface area contributed by atoms with Crippen LogP contribution in [0.5, 0.6) is 0 Å². The quantitative estimate of drug-likeness (QED) is 0.631. The first kappa shape index (κ1) is 12.1. The van der Waals surface area contributed by atoms with Crippen molar-refractivity contribution in [3.8, 4) is 0 Å². The Bertz CT molecular complexity index is 375. The number of carboxylic acids is 1. The van der Waals surface area contributed by atoms with Crippen molar-refractivity contribution in [2.24, 2.45) is 0 Å². The molecule has 15 heavy (non-hydrogen) atoms. The Balaban J connectivity index is 2.69. The fourth-order valence-electron chi connectivity index (χ4n) is 1.02. The predicted molar refractivity (Wildman–Crippen MR) is 60.8 cm³/mol. The zero-order valence-corrected chi connectivity index (χ0v) is 9.33. The molecule has 0 aromatic heterocycles. The zero-order valence-electron chi connectivity index (χ0n) is 7.68. The minimum Gasteiger partial charge on any atom is -0.480 e. The standard InChI is InChI=1S/C10H9ClO3S/c11-7-3-1-6(2-4-7)8(12)5-9(15)10(13)14/h1-4,9,15H,5H2,(H,13,14). The van der Waals surface area contributed by atoms with E-state index >= 15 is 0 Å². The van der Waals surface area contributed by atoms with Crippen LogP contribution in [0.25, 0.3) is 0 Å². The van der Waals surface area contributed by atoms with Crippen LogP contribution in [0.4, 0.5) is 0 Å². The van der Waals surface area contributed by atoms with Crippen molar-refractivity contribution < 1.29 is 14.7 Å². The van der Waals surface area contributed by atoms with Gasteiger partial charge in [0, 0.05) is 17.0 Å². The molecule has 0 radical (unpaired) electrons. The van der Waals surface area contributed by atoms with Gasteiger partial charge in [-0.3, -0.25) is 9.59 Å². The Morgan fingerprint density at radius 1 is 1.33 bits per heavy atom. The van der Waals surface area contributed by atoms with E-state index in [9.17, 15) is 9.59 Å². The molecule has 3 nitrogen and oxygen atoms in total. The molecule has 1 N–H and O–H groups in total. The molecular formula is C10H9ClO3S. The maximum atomic E-state index is 11.5. The first-order chi connectivity index (χ1) is 7.00. The number of carboxylic acid groups (broad SMARTS) is 1. The van der Waals surface area contributed by atoms with Gasteiger partial charge in [-0.05, 0) is 24.3 Å². The molecule has 0 saturated heterocycles. The topological polar surface area (TPSA) is 54.4 Å². The number of benzene rings is 1. The van der Waals surface area contributed by atoms with Gasteiger partial charge in [0.2, 0.25) is 0 Å². The summed E-state index contributed by atoms with van der Waals surface area (Å²) in [6, 6.07) is 6.30. The van der Waals surface area contributed by atoms with Gasteiger partial charge in [0.15, 0.2) is 5.78 Å². The Hall–Kier alpha value is -1.00. The van der Waals surface area contributed by atoms with Gasteiger partial charge in [-0.1, -0.05) is 11.6 Å². The van der Waals surface area contributed by atoms with Crippen LogP contribution in [-0.4, -0.2) is 22.1 Å². The number of carbonyl (C=O) groups is 2. The molecule has 5 heteroatoms. The van der Waals surface area contributed by atoms with Crippen molar-refractivity contribution in [3.05, 3.63) is 34.9 Å². The Morgan fingerprint density at radius 2 is 1.87 bits per heavy atom. The van der Waals surface area contributed by atoms with Crippen LogP contribution in [0.1, 0.15) is 16.8 Å². The van der Waals surface area contributed by atoms with Crippen molar-refractivity contribution in [1.29, 1.82) is 0 Å². The van der Waals surface area contributed by atoms with Crippen molar-refractivity contribution in [2.45, 2.75) is 11.7 Å². The molecule has 1 rings (SSSR count). The molecule has 0 aliphatic rings. The van der Waals surface area contributed by atoms with Gasteiger partial charge < -0.3 is 5.11 Å². The highest BCUT2D eigenvalue weighted by atomic mass is 35.5. The van der Waals surface area contributed by atoms with E-state index in [1.165, 1.54) is 0 Å². The summed E-state index contributed by atoms with van der Waals surface area (Å²) in [7, 11) is 0. The second kappa shape index (κ2) is 5.19. The Kier molecular flexibility index (Phi) is 4.17. The number of halogens is 1. The van der Waals surface area contributed by atoms with E-state index in [1.54, 1.807) is 24.3 Å². The maximum absolute atomic E-state index is 11.5. The van der Waals surface area contributed by atoms with Crippen molar-refractivity contribution in [3.63, 3.8) is 0 Å². The molecule has 0 heterocycles. The largest absolute Gasteiger partial charge is 0.480 e. The molecule has 0 bridgehead atoms. The lowest BCUT2D eigenvalue weighted by Crippen LogP contribution is -2.17. The number of Topliss-reactive ketones (excluding diaryl/α,β-unsaturated/α-hetero) is 1. The lowest BCUT2D eigenvalue weighted by Gasteiger charge is -2.04. The fourth-order valence-corrected chi connectivity index (χ4v) is 1.31. The molecule has 1 unspecified atom stereocenters. The third kappa shape index (κ3) is 3.57. The second-order valence-corrected chi connectivity index (χ2v) is 4.05. The van der Waals surface area contributed by atoms with Crippen LogP contribution in [0.15, 0.2) is 24.3 Å². The number of ketones is 1. The monoisotopic (exact) mass is 244 g/mol. The average molecular weight is 245 g/mol. The second-order valence-electron chi connectivity index (χ2n) is 2.99. The van der Waals surface area contributed by atoms with E-state index in [4.69, 9.17) is 16.7 Å². The van der Waals surface area contributed by atoms with Crippen LogP contribution >= 0.6 is 24.2 Å². The van der Waals surface area contributed by atoms with Gasteiger partial charge in [-0.25, -0.2) is 0 Å². The summed E-state index contributed by atoms with van der Waals surface area (Å²) in [6.07, 6.45) is -0.125. The van der Waals surface area contributed by atoms with E-state index in [1.807, 2.05) is 0 Å². The minimum absolute atomic E-state index is 0.125. The molecular weight excluding hydrogens is 236 g/mol. The number of hydrogen-bond donors (Lipinski definition) is 2. The van der Waals surface area contributed by atoms with Crippen LogP contribution in [0.2, 0.25) is 5.02 Å². The van der Waals surface area contributed by atoms with E-state index in [-0.39, 0.29) is 12.2 Å². The molecule has 0 spiro atoms. The van der Waals surface area contributed by atoms with Crippen molar-refractivity contribution >= 4 is 36.0 Å². The first-order valence-corrected chi connectivity index (χ1v) is 5.10. The first-order valence-electron chi connectivity index (χ1n) is 4.20. The van der Waals surface area contributed by atoms with Gasteiger partial charge in [-0.2, -0.15) is 12.6 Å². The third-order valence-corrected chi connectivity index (χ3v) is 2.49. The summed E-state index contributed by atoms with van der Waals surface area (Å²) in [5.41, 5.74) is 0.444. The van der Waals surface area contributed by atoms with Crippen LogP contribution in [0, 0.1) is 0 Å². The highest BCUT2D eigenvalue weighted by molar-refractivity contribution is 7.81. The summed E-state index contributed by atoms with van der Waals surface area (Å²) in [4.78, 5) is 22.0. The summed E-state index contributed by atoms with van der Waals surface area (Å²) in [5.74, 6) is -1.35. The van der Waals surface area contributed by atoms with Gasteiger partial charge in [-0.15, -0.1) is 0 Å². The molecule has 1 aromatic rings. The van der Waals surface area contributed by atoms with Gasteiger partial charge in [0.05, 0.1) is 0 Å². The summed E-state index contributed by atoms with van der Waals surface area (Å²) >= 11 is 9.44. The molecule has 80 valence electrons. The number of carbonyl (C=O) groups excluding carboxylic acids is 1. The molecule has 0 saturated carbocycles. The Labute approximate surface area is 97.5 Å². The summed E-state index contributed by atoms with van der Waals surface area (Å²) in [5, 5.41) is 8.14. The maximum Gasteiger partial charge on any atom is 0.316 e. The molecule has 0 aliphatic carbocycles. The molecule has 0 amide bonds. The highest BCUT2D eigenvalue weighted by Gasteiger charge is 2.17. The number of hydrogen-bond acceptors (Lipinski definition) is 3. The average Bonchev–Trinajstić information content (AvgIpc) is 2.18. The van der Waals surface area contributed by atoms with Crippen molar-refractivity contribution in [2.75, 3.05) is 0 Å². The summed E-state index contributed by atoms with van der Waals surface area (Å²) in [6.45, 7) is 0.